The Morgan fingerprint density at radius 1 is 1.07 bits per heavy atom. The van der Waals surface area contributed by atoms with Gasteiger partial charge in [0.15, 0.2) is 0 Å². The number of likely N-dealkylation sites (tertiary alicyclic amines) is 1. The van der Waals surface area contributed by atoms with Crippen LogP contribution in [0.25, 0.3) is 0 Å². The van der Waals surface area contributed by atoms with Gasteiger partial charge in [0, 0.05) is 24.7 Å². The third-order valence-electron chi connectivity index (χ3n) is 5.32. The van der Waals surface area contributed by atoms with Crippen molar-refractivity contribution in [3.8, 4) is 0 Å². The van der Waals surface area contributed by atoms with Gasteiger partial charge in [0.25, 0.3) is 0 Å². The zero-order valence-corrected chi connectivity index (χ0v) is 17.0. The van der Waals surface area contributed by atoms with Crippen LogP contribution in [0.15, 0.2) is 54.6 Å². The third-order valence-corrected chi connectivity index (χ3v) is 5.32. The van der Waals surface area contributed by atoms with E-state index in [0.717, 1.165) is 50.3 Å². The van der Waals surface area contributed by atoms with Gasteiger partial charge in [0.1, 0.15) is 0 Å². The number of carbonyl (C=O) groups is 2. The molecule has 0 aromatic heterocycles. The Hall–Kier alpha value is -2.70. The number of nitrogens with zero attached hydrogens (tertiary/aromatic N) is 2. The van der Waals surface area contributed by atoms with Crippen molar-refractivity contribution < 1.29 is 9.59 Å². The Kier molecular flexibility index (Phi) is 7.38. The van der Waals surface area contributed by atoms with Crippen LogP contribution in [0.1, 0.15) is 24.0 Å². The van der Waals surface area contributed by atoms with Crippen molar-refractivity contribution in [2.24, 2.45) is 11.7 Å². The van der Waals surface area contributed by atoms with Gasteiger partial charge in [-0.25, -0.2) is 0 Å². The highest BCUT2D eigenvalue weighted by molar-refractivity contribution is 5.92. The number of nitrogens with two attached hydrogens (primary N) is 1. The summed E-state index contributed by atoms with van der Waals surface area (Å²) in [6, 6.07) is 18.1. The number of carbonyl (C=O) groups excluding carboxylic acids is 2. The molecule has 2 aromatic carbocycles. The molecule has 3 N–H and O–H groups in total. The number of anilines is 1. The molecule has 1 heterocycles. The van der Waals surface area contributed by atoms with Crippen LogP contribution in [0, 0.1) is 5.92 Å². The van der Waals surface area contributed by atoms with E-state index in [1.165, 1.54) is 5.56 Å². The number of nitrogens with one attached hydrogen (secondary N) is 1. The lowest BCUT2D eigenvalue weighted by Crippen LogP contribution is -2.38. The van der Waals surface area contributed by atoms with E-state index in [1.54, 1.807) is 0 Å². The number of benzene rings is 2. The Morgan fingerprint density at radius 3 is 2.45 bits per heavy atom. The Balaban J connectivity index is 1.48. The fraction of sp³-hybridized carbons (Fsp3) is 0.391. The second-order valence-electron chi connectivity index (χ2n) is 7.86. The molecule has 154 valence electrons. The minimum Gasteiger partial charge on any atom is -0.369 e. The lowest BCUT2D eigenvalue weighted by molar-refractivity contribution is -0.123. The molecule has 0 bridgehead atoms. The predicted molar refractivity (Wildman–Crippen MR) is 115 cm³/mol. The van der Waals surface area contributed by atoms with Crippen LogP contribution in [-0.4, -0.2) is 48.3 Å². The summed E-state index contributed by atoms with van der Waals surface area (Å²) in [5, 5.41) is 3.00. The summed E-state index contributed by atoms with van der Waals surface area (Å²) < 4.78 is 0. The standard InChI is InChI=1S/C23H30N4O2/c1-26(15-18-6-3-2-4-7-18)17-22(28)25-21-9-5-8-19(14-21)16-27-12-10-20(11-13-27)23(24)29/h2-9,14,20H,10-13,15-17H2,1H3,(H2,24,29)(H,25,28). The van der Waals surface area contributed by atoms with Gasteiger partial charge < -0.3 is 11.1 Å². The van der Waals surface area contributed by atoms with Gasteiger partial charge >= 0.3 is 0 Å². The molecule has 0 radical (unpaired) electrons. The molecule has 0 spiro atoms. The SMILES string of the molecule is CN(CC(=O)Nc1cccc(CN2CCC(C(N)=O)CC2)c1)Cc1ccccc1. The predicted octanol–water partition coefficient (Wildman–Crippen LogP) is 2.45. The summed E-state index contributed by atoms with van der Waals surface area (Å²) >= 11 is 0. The second-order valence-corrected chi connectivity index (χ2v) is 7.86. The summed E-state index contributed by atoms with van der Waals surface area (Å²) in [7, 11) is 1.94. The number of piperidine rings is 1. The van der Waals surface area contributed by atoms with Crippen molar-refractivity contribution in [1.29, 1.82) is 0 Å². The fourth-order valence-electron chi connectivity index (χ4n) is 3.78. The van der Waals surface area contributed by atoms with Gasteiger partial charge in [0.05, 0.1) is 6.54 Å². The topological polar surface area (TPSA) is 78.7 Å². The number of likely N-dealkylation sites (N-methyl/N-ethyl adjacent to an activating group) is 1. The normalized spacial score (nSPS) is 15.4. The zero-order chi connectivity index (χ0) is 20.6. The molecule has 0 saturated carbocycles. The van der Waals surface area contributed by atoms with E-state index in [1.807, 2.05) is 48.3 Å². The minimum absolute atomic E-state index is 0.00440. The van der Waals surface area contributed by atoms with Crippen molar-refractivity contribution in [3.63, 3.8) is 0 Å². The first-order valence-corrected chi connectivity index (χ1v) is 10.1. The molecule has 1 fully saturated rings. The molecule has 1 aliphatic heterocycles. The Morgan fingerprint density at radius 2 is 1.76 bits per heavy atom. The first-order valence-electron chi connectivity index (χ1n) is 10.1. The Bertz CT molecular complexity index is 817. The first-order chi connectivity index (χ1) is 14.0. The van der Waals surface area contributed by atoms with E-state index >= 15 is 0 Å². The van der Waals surface area contributed by atoms with Gasteiger partial charge in [-0.2, -0.15) is 0 Å². The molecule has 2 amide bonds. The Labute approximate surface area is 172 Å². The molecule has 1 aliphatic rings. The summed E-state index contributed by atoms with van der Waals surface area (Å²) in [5.74, 6) is -0.209. The van der Waals surface area contributed by atoms with Crippen LogP contribution in [0.4, 0.5) is 5.69 Å². The molecule has 6 nitrogen and oxygen atoms in total. The zero-order valence-electron chi connectivity index (χ0n) is 17.0. The highest BCUT2D eigenvalue weighted by atomic mass is 16.2. The van der Waals surface area contributed by atoms with E-state index in [2.05, 4.69) is 28.4 Å². The summed E-state index contributed by atoms with van der Waals surface area (Å²) in [4.78, 5) is 28.0. The highest BCUT2D eigenvalue weighted by Gasteiger charge is 2.23. The fourth-order valence-corrected chi connectivity index (χ4v) is 3.78. The second kappa shape index (κ2) is 10.2. The molecule has 0 aliphatic carbocycles. The molecular weight excluding hydrogens is 364 g/mol. The van der Waals surface area contributed by atoms with Crippen molar-refractivity contribution >= 4 is 17.5 Å². The molecule has 2 aromatic rings. The minimum atomic E-state index is -0.188. The van der Waals surface area contributed by atoms with Crippen molar-refractivity contribution in [2.75, 3.05) is 32.0 Å². The van der Waals surface area contributed by atoms with Gasteiger partial charge in [0.2, 0.25) is 11.8 Å². The number of hydrogen-bond donors (Lipinski definition) is 2. The summed E-state index contributed by atoms with van der Waals surface area (Å²) in [5.41, 5.74) is 8.56. The largest absolute Gasteiger partial charge is 0.369 e. The quantitative estimate of drug-likeness (QED) is 0.721. The van der Waals surface area contributed by atoms with Gasteiger partial charge in [-0.15, -0.1) is 0 Å². The number of primary amides is 1. The van der Waals surface area contributed by atoms with Gasteiger partial charge in [-0.05, 0) is 56.2 Å². The maximum Gasteiger partial charge on any atom is 0.238 e. The average molecular weight is 395 g/mol. The lowest BCUT2D eigenvalue weighted by Gasteiger charge is -2.30. The van der Waals surface area contributed by atoms with Crippen molar-refractivity contribution in [1.82, 2.24) is 9.80 Å². The lowest BCUT2D eigenvalue weighted by atomic mass is 9.96. The summed E-state index contributed by atoms with van der Waals surface area (Å²) in [6.07, 6.45) is 1.64. The van der Waals surface area contributed by atoms with Crippen LogP contribution in [0.2, 0.25) is 0 Å². The van der Waals surface area contributed by atoms with Crippen LogP contribution >= 0.6 is 0 Å². The number of rotatable bonds is 8. The monoisotopic (exact) mass is 394 g/mol. The number of hydrogen-bond acceptors (Lipinski definition) is 4. The van der Waals surface area contributed by atoms with E-state index in [9.17, 15) is 9.59 Å². The van der Waals surface area contributed by atoms with E-state index < -0.39 is 0 Å². The van der Waals surface area contributed by atoms with Crippen molar-refractivity contribution in [3.05, 3.63) is 65.7 Å². The van der Waals surface area contributed by atoms with Gasteiger partial charge in [-0.1, -0.05) is 42.5 Å². The third kappa shape index (κ3) is 6.69. The molecule has 3 rings (SSSR count). The van der Waals surface area contributed by atoms with Crippen LogP contribution in [0.3, 0.4) is 0 Å². The summed E-state index contributed by atoms with van der Waals surface area (Å²) in [6.45, 7) is 3.61. The van der Waals surface area contributed by atoms with Crippen LogP contribution in [-0.2, 0) is 22.7 Å². The molecule has 29 heavy (non-hydrogen) atoms. The van der Waals surface area contributed by atoms with Crippen LogP contribution < -0.4 is 11.1 Å². The molecule has 0 atom stereocenters. The maximum atomic E-state index is 12.4. The number of amides is 2. The highest BCUT2D eigenvalue weighted by Crippen LogP contribution is 2.20. The molecule has 0 unspecified atom stereocenters. The van der Waals surface area contributed by atoms with Crippen LogP contribution in [0.5, 0.6) is 0 Å². The molecule has 6 heteroatoms. The average Bonchev–Trinajstić information content (AvgIpc) is 2.69. The first kappa shape index (κ1) is 21.0. The van der Waals surface area contributed by atoms with Crippen molar-refractivity contribution in [2.45, 2.75) is 25.9 Å². The molecule has 1 saturated heterocycles. The van der Waals surface area contributed by atoms with Gasteiger partial charge in [-0.3, -0.25) is 19.4 Å². The van der Waals surface area contributed by atoms with E-state index in [4.69, 9.17) is 5.73 Å². The van der Waals surface area contributed by atoms with E-state index in [-0.39, 0.29) is 17.7 Å². The maximum absolute atomic E-state index is 12.4. The smallest absolute Gasteiger partial charge is 0.238 e. The molecular formula is C23H30N4O2. The van der Waals surface area contributed by atoms with E-state index in [0.29, 0.717) is 6.54 Å².